The number of rotatable bonds is 13. The number of pyridine rings is 1. The Hall–Kier alpha value is -3.72. The van der Waals surface area contributed by atoms with Gasteiger partial charge >= 0.3 is 12.6 Å². The molecule has 2 atom stereocenters. The average Bonchev–Trinajstić information content (AvgIpc) is 3.72. The third-order valence-corrected chi connectivity index (χ3v) is 10.6. The number of sulfonamides is 1. The van der Waals surface area contributed by atoms with Crippen molar-refractivity contribution in [3.8, 4) is 11.5 Å². The molecular weight excluding hydrogens is 695 g/mol. The number of alkyl halides is 2. The highest BCUT2D eigenvalue weighted by Crippen LogP contribution is 2.38. The molecule has 258 valence electrons. The minimum Gasteiger partial charge on any atom is -0.619 e. The van der Waals surface area contributed by atoms with E-state index in [0.717, 1.165) is 29.5 Å². The fourth-order valence-corrected chi connectivity index (χ4v) is 7.62. The Morgan fingerprint density at radius 1 is 1.06 bits per heavy atom. The summed E-state index contributed by atoms with van der Waals surface area (Å²) in [7, 11) is -1.16. The van der Waals surface area contributed by atoms with Gasteiger partial charge in [0.25, 0.3) is 5.91 Å². The molecule has 1 aliphatic carbocycles. The minimum absolute atomic E-state index is 0.000582. The predicted octanol–water partition coefficient (Wildman–Crippen LogP) is 5.40. The van der Waals surface area contributed by atoms with Crippen LogP contribution in [-0.2, 0) is 26.0 Å². The molecular formula is C32H33Cl2F2N3O8S. The lowest BCUT2D eigenvalue weighted by molar-refractivity contribution is -0.605. The zero-order chi connectivity index (χ0) is 34.7. The summed E-state index contributed by atoms with van der Waals surface area (Å²) in [6.45, 7) is -2.83. The van der Waals surface area contributed by atoms with Crippen LogP contribution in [0, 0.1) is 11.1 Å². The molecule has 2 aliphatic rings. The van der Waals surface area contributed by atoms with Gasteiger partial charge in [-0.15, -0.1) is 0 Å². The maximum absolute atomic E-state index is 13.9. The number of aromatic nitrogens is 1. The minimum atomic E-state index is -4.25. The van der Waals surface area contributed by atoms with Crippen molar-refractivity contribution < 1.29 is 45.7 Å². The second-order valence-electron chi connectivity index (χ2n) is 11.8. The Morgan fingerprint density at radius 2 is 1.77 bits per heavy atom. The maximum atomic E-state index is 13.9. The van der Waals surface area contributed by atoms with Gasteiger partial charge in [-0.3, -0.25) is 9.59 Å². The highest BCUT2D eigenvalue weighted by molar-refractivity contribution is 7.89. The van der Waals surface area contributed by atoms with Gasteiger partial charge in [-0.05, 0) is 67.5 Å². The summed E-state index contributed by atoms with van der Waals surface area (Å²) in [4.78, 5) is 27.5. The normalized spacial score (nSPS) is 17.3. The van der Waals surface area contributed by atoms with Gasteiger partial charge in [0.2, 0.25) is 10.0 Å². The van der Waals surface area contributed by atoms with Crippen LogP contribution >= 0.6 is 23.2 Å². The fraction of sp³-hybridized carbons (Fsp3) is 0.406. The van der Waals surface area contributed by atoms with Crippen molar-refractivity contribution in [2.75, 3.05) is 27.2 Å². The summed E-state index contributed by atoms with van der Waals surface area (Å²) < 4.78 is 71.9. The monoisotopic (exact) mass is 727 g/mol. The van der Waals surface area contributed by atoms with Crippen molar-refractivity contribution >= 4 is 45.1 Å². The molecule has 48 heavy (non-hydrogen) atoms. The first-order valence-electron chi connectivity index (χ1n) is 15.1. The van der Waals surface area contributed by atoms with Crippen LogP contribution in [0.2, 0.25) is 10.0 Å². The number of ether oxygens (including phenoxy) is 3. The number of hydrogen-bond acceptors (Lipinski definition) is 8. The van der Waals surface area contributed by atoms with Crippen LogP contribution in [-0.4, -0.2) is 69.4 Å². The lowest BCUT2D eigenvalue weighted by Gasteiger charge is -2.26. The number of hydrogen-bond donors (Lipinski definition) is 0. The predicted molar refractivity (Wildman–Crippen MR) is 171 cm³/mol. The molecule has 16 heteroatoms. The molecule has 1 saturated heterocycles. The van der Waals surface area contributed by atoms with E-state index in [2.05, 4.69) is 4.74 Å². The Labute approximate surface area is 286 Å². The topological polar surface area (TPSA) is 129 Å². The lowest BCUT2D eigenvalue weighted by Crippen LogP contribution is -2.42. The number of carbonyl (C=O) groups excluding carboxylic acids is 2. The van der Waals surface area contributed by atoms with Gasteiger partial charge in [0, 0.05) is 38.2 Å². The molecule has 5 rings (SSSR count). The largest absolute Gasteiger partial charge is 0.619 e. The van der Waals surface area contributed by atoms with Gasteiger partial charge in [0.15, 0.2) is 23.9 Å². The highest BCUT2D eigenvalue weighted by atomic mass is 35.5. The van der Waals surface area contributed by atoms with Gasteiger partial charge in [0.05, 0.1) is 11.5 Å². The smallest absolute Gasteiger partial charge is 0.387 e. The molecule has 1 aliphatic heterocycles. The van der Waals surface area contributed by atoms with Crippen molar-refractivity contribution in [3.05, 3.63) is 86.8 Å². The van der Waals surface area contributed by atoms with E-state index in [4.69, 9.17) is 32.7 Å². The first-order chi connectivity index (χ1) is 22.7. The van der Waals surface area contributed by atoms with Crippen LogP contribution < -0.4 is 14.2 Å². The van der Waals surface area contributed by atoms with Gasteiger partial charge in [0.1, 0.15) is 22.2 Å². The van der Waals surface area contributed by atoms with Crippen molar-refractivity contribution in [1.82, 2.24) is 9.21 Å². The number of benzene rings is 2. The standard InChI is InChI=1S/C32H33Cl2F2N3O8S/c1-37(2)30(40)21-5-3-6-22(13-21)48(43,44)39-12-4-7-26(39)31(41)46-28(15-23-24(33)16-38(42)17-25(23)34)20-10-11-27(47-32(35)36)29(14-20)45-18-19-8-9-19/h3,5-6,10-11,13-14,16-17,19,26,28,32H,4,7-9,12,15,18H2,1-2H3. The number of carbonyl (C=O) groups is 2. The Balaban J connectivity index is 1.47. The third-order valence-electron chi connectivity index (χ3n) is 8.00. The molecule has 0 spiro atoms. The SMILES string of the molecule is CN(C)C(=O)c1cccc(S(=O)(=O)N2CCCC2C(=O)OC(Cc2c(Cl)c[n+]([O-])cc2Cl)c2ccc(OC(F)F)c(OCC3CC3)c2)c1. The summed E-state index contributed by atoms with van der Waals surface area (Å²) in [6, 6.07) is 8.42. The quantitative estimate of drug-likeness (QED) is 0.130. The van der Waals surface area contributed by atoms with Gasteiger partial charge in [-0.25, -0.2) is 8.42 Å². The molecule has 0 N–H and O–H groups in total. The van der Waals surface area contributed by atoms with Gasteiger partial charge in [-0.1, -0.05) is 35.3 Å². The van der Waals surface area contributed by atoms with Gasteiger partial charge < -0.3 is 24.3 Å². The summed E-state index contributed by atoms with van der Waals surface area (Å²) in [5.41, 5.74) is 0.716. The maximum Gasteiger partial charge on any atom is 0.387 e. The fourth-order valence-electron chi connectivity index (χ4n) is 5.33. The van der Waals surface area contributed by atoms with E-state index in [1.165, 1.54) is 47.4 Å². The lowest BCUT2D eigenvalue weighted by atomic mass is 10.0. The van der Waals surface area contributed by atoms with Crippen LogP contribution in [0.3, 0.4) is 0 Å². The molecule has 2 aromatic carbocycles. The summed E-state index contributed by atoms with van der Waals surface area (Å²) in [5.74, 6) is -1.21. The zero-order valence-electron chi connectivity index (χ0n) is 26.0. The number of nitrogens with zero attached hydrogens (tertiary/aromatic N) is 3. The average molecular weight is 729 g/mol. The second kappa shape index (κ2) is 14.8. The summed E-state index contributed by atoms with van der Waals surface area (Å²) in [6.07, 6.45) is 3.21. The highest BCUT2D eigenvalue weighted by Gasteiger charge is 2.42. The summed E-state index contributed by atoms with van der Waals surface area (Å²) >= 11 is 12.7. The van der Waals surface area contributed by atoms with E-state index in [1.807, 2.05) is 0 Å². The number of halogens is 4. The van der Waals surface area contributed by atoms with Crippen molar-refractivity contribution in [1.29, 1.82) is 0 Å². The van der Waals surface area contributed by atoms with Crippen LogP contribution in [0.1, 0.15) is 53.3 Å². The molecule has 1 amide bonds. The zero-order valence-corrected chi connectivity index (χ0v) is 28.3. The number of esters is 1. The Morgan fingerprint density at radius 3 is 2.42 bits per heavy atom. The van der Waals surface area contributed by atoms with Gasteiger partial charge in [-0.2, -0.15) is 17.8 Å². The molecule has 1 saturated carbocycles. The van der Waals surface area contributed by atoms with E-state index in [-0.39, 0.29) is 69.5 Å². The van der Waals surface area contributed by atoms with E-state index in [9.17, 15) is 32.0 Å². The van der Waals surface area contributed by atoms with E-state index >= 15 is 0 Å². The Bertz CT molecular complexity index is 1770. The van der Waals surface area contributed by atoms with E-state index in [0.29, 0.717) is 16.7 Å². The summed E-state index contributed by atoms with van der Waals surface area (Å²) in [5, 5.41) is 11.9. The Kier molecular flexibility index (Phi) is 11.0. The van der Waals surface area contributed by atoms with Crippen LogP contribution in [0.15, 0.2) is 59.8 Å². The molecule has 2 unspecified atom stereocenters. The molecule has 2 fully saturated rings. The molecule has 1 aromatic heterocycles. The third kappa shape index (κ3) is 8.28. The van der Waals surface area contributed by atoms with E-state index in [1.54, 1.807) is 14.1 Å². The first kappa shape index (κ1) is 35.6. The molecule has 0 bridgehead atoms. The number of amides is 1. The molecule has 3 aromatic rings. The molecule has 2 heterocycles. The van der Waals surface area contributed by atoms with E-state index < -0.39 is 40.7 Å². The second-order valence-corrected chi connectivity index (χ2v) is 14.5. The van der Waals surface area contributed by atoms with Crippen LogP contribution in [0.4, 0.5) is 8.78 Å². The first-order valence-corrected chi connectivity index (χ1v) is 17.3. The van der Waals surface area contributed by atoms with Crippen molar-refractivity contribution in [2.24, 2.45) is 5.92 Å². The van der Waals surface area contributed by atoms with Crippen molar-refractivity contribution in [3.63, 3.8) is 0 Å². The molecule has 0 radical (unpaired) electrons. The van der Waals surface area contributed by atoms with Crippen LogP contribution in [0.5, 0.6) is 11.5 Å². The van der Waals surface area contributed by atoms with Crippen LogP contribution in [0.25, 0.3) is 0 Å². The molecule has 11 nitrogen and oxygen atoms in total. The van der Waals surface area contributed by atoms with Crippen molar-refractivity contribution in [2.45, 2.75) is 55.8 Å².